The molecule has 1 saturated carbocycles. The Morgan fingerprint density at radius 3 is 2.32 bits per heavy atom. The summed E-state index contributed by atoms with van der Waals surface area (Å²) in [7, 11) is -1.39. The first-order chi connectivity index (χ1) is 8.96. The van der Waals surface area contributed by atoms with Gasteiger partial charge in [0.1, 0.15) is 0 Å². The fourth-order valence-electron chi connectivity index (χ4n) is 3.40. The lowest BCUT2D eigenvalue weighted by Crippen LogP contribution is -2.50. The Morgan fingerprint density at radius 2 is 1.74 bits per heavy atom. The van der Waals surface area contributed by atoms with Gasteiger partial charge in [0.05, 0.1) is 10.1 Å². The molecule has 106 valence electrons. The Kier molecular flexibility index (Phi) is 4.31. The fraction of sp³-hybridized carbons (Fsp3) is 0.600. The minimum absolute atomic E-state index is 0.0453. The quantitative estimate of drug-likeness (QED) is 0.926. The molecule has 0 amide bonds. The molecule has 0 radical (unpaired) electrons. The predicted molar refractivity (Wildman–Crippen MR) is 77.8 cm³/mol. The molecule has 4 unspecified atom stereocenters. The van der Waals surface area contributed by atoms with Crippen LogP contribution in [0.15, 0.2) is 35.2 Å². The first-order valence-electron chi connectivity index (χ1n) is 6.93. The molecule has 0 saturated heterocycles. The number of sulfone groups is 1. The van der Waals surface area contributed by atoms with Crippen LogP contribution in [0.25, 0.3) is 0 Å². The van der Waals surface area contributed by atoms with E-state index in [4.69, 9.17) is 0 Å². The SMILES string of the molecule is CNC1CC(C)CC(C)C1S(=O)(=O)c1ccccc1. The lowest BCUT2D eigenvalue weighted by atomic mass is 9.80. The molecule has 0 aromatic heterocycles. The van der Waals surface area contributed by atoms with Crippen LogP contribution in [0.1, 0.15) is 26.7 Å². The van der Waals surface area contributed by atoms with Gasteiger partial charge in [-0.15, -0.1) is 0 Å². The minimum Gasteiger partial charge on any atom is -0.316 e. The van der Waals surface area contributed by atoms with Crippen LogP contribution in [0.2, 0.25) is 0 Å². The molecule has 0 aliphatic heterocycles. The maximum absolute atomic E-state index is 12.8. The Balaban J connectivity index is 2.38. The van der Waals surface area contributed by atoms with Crippen molar-refractivity contribution >= 4 is 9.84 Å². The van der Waals surface area contributed by atoms with E-state index in [0.29, 0.717) is 10.8 Å². The lowest BCUT2D eigenvalue weighted by Gasteiger charge is -2.39. The van der Waals surface area contributed by atoms with E-state index in [1.807, 2.05) is 13.1 Å². The zero-order valence-corrected chi connectivity index (χ0v) is 12.7. The highest BCUT2D eigenvalue weighted by Gasteiger charge is 2.42. The Labute approximate surface area is 116 Å². The van der Waals surface area contributed by atoms with Crippen molar-refractivity contribution in [2.24, 2.45) is 11.8 Å². The van der Waals surface area contributed by atoms with Crippen LogP contribution in [-0.2, 0) is 9.84 Å². The number of benzene rings is 1. The van der Waals surface area contributed by atoms with Gasteiger partial charge in [-0.3, -0.25) is 0 Å². The number of rotatable bonds is 3. The van der Waals surface area contributed by atoms with Crippen molar-refractivity contribution in [3.63, 3.8) is 0 Å². The van der Waals surface area contributed by atoms with Crippen molar-refractivity contribution in [3.8, 4) is 0 Å². The third kappa shape index (κ3) is 2.84. The summed E-state index contributed by atoms with van der Waals surface area (Å²) in [5.74, 6) is 0.765. The topological polar surface area (TPSA) is 46.2 Å². The molecule has 19 heavy (non-hydrogen) atoms. The van der Waals surface area contributed by atoms with Gasteiger partial charge in [-0.2, -0.15) is 0 Å². The third-order valence-electron chi connectivity index (χ3n) is 4.19. The molecule has 4 atom stereocenters. The summed E-state index contributed by atoms with van der Waals surface area (Å²) < 4.78 is 25.7. The number of hydrogen-bond donors (Lipinski definition) is 1. The highest BCUT2D eigenvalue weighted by molar-refractivity contribution is 7.92. The maximum Gasteiger partial charge on any atom is 0.183 e. The fourth-order valence-corrected chi connectivity index (χ4v) is 5.65. The molecule has 0 bridgehead atoms. The second kappa shape index (κ2) is 5.63. The van der Waals surface area contributed by atoms with E-state index in [1.54, 1.807) is 24.3 Å². The Bertz CT molecular complexity index is 512. The first kappa shape index (κ1) is 14.5. The zero-order valence-electron chi connectivity index (χ0n) is 11.8. The van der Waals surface area contributed by atoms with Crippen LogP contribution in [0, 0.1) is 11.8 Å². The molecule has 0 heterocycles. The van der Waals surface area contributed by atoms with Crippen molar-refractivity contribution < 1.29 is 8.42 Å². The normalized spacial score (nSPS) is 32.2. The van der Waals surface area contributed by atoms with Crippen molar-refractivity contribution in [2.45, 2.75) is 42.9 Å². The molecular weight excluding hydrogens is 258 g/mol. The molecule has 4 heteroatoms. The van der Waals surface area contributed by atoms with Crippen molar-refractivity contribution in [3.05, 3.63) is 30.3 Å². The average Bonchev–Trinajstić information content (AvgIpc) is 2.38. The van der Waals surface area contributed by atoms with Gasteiger partial charge in [0.15, 0.2) is 9.84 Å². The van der Waals surface area contributed by atoms with Gasteiger partial charge >= 0.3 is 0 Å². The molecule has 0 spiro atoms. The largest absolute Gasteiger partial charge is 0.316 e. The monoisotopic (exact) mass is 281 g/mol. The Morgan fingerprint density at radius 1 is 1.11 bits per heavy atom. The van der Waals surface area contributed by atoms with Gasteiger partial charge in [-0.1, -0.05) is 32.0 Å². The predicted octanol–water partition coefficient (Wildman–Crippen LogP) is 2.48. The summed E-state index contributed by atoms with van der Waals surface area (Å²) in [6, 6.07) is 8.87. The van der Waals surface area contributed by atoms with Crippen LogP contribution < -0.4 is 5.32 Å². The number of hydrogen-bond acceptors (Lipinski definition) is 3. The lowest BCUT2D eigenvalue weighted by molar-refractivity contribution is 0.249. The number of nitrogens with one attached hydrogen (secondary N) is 1. The van der Waals surface area contributed by atoms with E-state index in [1.165, 1.54) is 0 Å². The van der Waals surface area contributed by atoms with Gasteiger partial charge in [-0.25, -0.2) is 8.42 Å². The van der Waals surface area contributed by atoms with Crippen molar-refractivity contribution in [1.82, 2.24) is 5.32 Å². The molecule has 3 nitrogen and oxygen atoms in total. The third-order valence-corrected chi connectivity index (χ3v) is 6.63. The van der Waals surface area contributed by atoms with Crippen LogP contribution in [0.5, 0.6) is 0 Å². The zero-order chi connectivity index (χ0) is 14.0. The van der Waals surface area contributed by atoms with E-state index < -0.39 is 9.84 Å². The summed E-state index contributed by atoms with van der Waals surface area (Å²) >= 11 is 0. The summed E-state index contributed by atoms with van der Waals surface area (Å²) in [6.45, 7) is 4.26. The first-order valence-corrected chi connectivity index (χ1v) is 8.47. The van der Waals surface area contributed by atoms with Crippen molar-refractivity contribution in [2.75, 3.05) is 7.05 Å². The van der Waals surface area contributed by atoms with Gasteiger partial charge < -0.3 is 5.32 Å². The maximum atomic E-state index is 12.8. The molecular formula is C15H23NO2S. The molecule has 1 aliphatic carbocycles. The van der Waals surface area contributed by atoms with Crippen LogP contribution >= 0.6 is 0 Å². The molecule has 1 fully saturated rings. The smallest absolute Gasteiger partial charge is 0.183 e. The second-order valence-corrected chi connectivity index (χ2v) is 7.88. The summed E-state index contributed by atoms with van der Waals surface area (Å²) in [6.07, 6.45) is 1.91. The van der Waals surface area contributed by atoms with Crippen LogP contribution in [0.3, 0.4) is 0 Å². The van der Waals surface area contributed by atoms with Gasteiger partial charge in [0, 0.05) is 6.04 Å². The van der Waals surface area contributed by atoms with E-state index in [0.717, 1.165) is 12.8 Å². The Hall–Kier alpha value is -0.870. The summed E-state index contributed by atoms with van der Waals surface area (Å²) in [5.41, 5.74) is 0. The van der Waals surface area contributed by atoms with Crippen molar-refractivity contribution in [1.29, 1.82) is 0 Å². The second-order valence-electron chi connectivity index (χ2n) is 5.77. The van der Waals surface area contributed by atoms with E-state index >= 15 is 0 Å². The van der Waals surface area contributed by atoms with Crippen LogP contribution in [-0.4, -0.2) is 26.8 Å². The standard InChI is InChI=1S/C15H23NO2S/c1-11-9-12(2)15(14(10-11)16-3)19(17,18)13-7-5-4-6-8-13/h4-8,11-12,14-16H,9-10H2,1-3H3. The minimum atomic E-state index is -3.26. The molecule has 1 N–H and O–H groups in total. The van der Waals surface area contributed by atoms with Gasteiger partial charge in [0.25, 0.3) is 0 Å². The van der Waals surface area contributed by atoms with Gasteiger partial charge in [-0.05, 0) is 43.9 Å². The van der Waals surface area contributed by atoms with E-state index in [2.05, 4.69) is 19.2 Å². The average molecular weight is 281 g/mol. The molecule has 1 aromatic carbocycles. The van der Waals surface area contributed by atoms with E-state index in [9.17, 15) is 8.42 Å². The molecule has 1 aromatic rings. The highest BCUT2D eigenvalue weighted by Crippen LogP contribution is 2.35. The summed E-state index contributed by atoms with van der Waals surface area (Å²) in [4.78, 5) is 0.446. The van der Waals surface area contributed by atoms with Gasteiger partial charge in [0.2, 0.25) is 0 Å². The summed E-state index contributed by atoms with van der Waals surface area (Å²) in [5, 5.41) is 2.89. The molecule has 1 aliphatic rings. The van der Waals surface area contributed by atoms with E-state index in [-0.39, 0.29) is 17.2 Å². The highest BCUT2D eigenvalue weighted by atomic mass is 32.2. The van der Waals surface area contributed by atoms with Crippen LogP contribution in [0.4, 0.5) is 0 Å². The molecule has 2 rings (SSSR count).